The van der Waals surface area contributed by atoms with E-state index in [9.17, 15) is 14.4 Å². The molecular weight excluding hydrogens is 320 g/mol. The number of nitrogens with one attached hydrogen (secondary N) is 3. The fourth-order valence-corrected chi connectivity index (χ4v) is 2.72. The Bertz CT molecular complexity index is 814. The van der Waals surface area contributed by atoms with Gasteiger partial charge in [-0.05, 0) is 36.6 Å². The van der Waals surface area contributed by atoms with Crippen LogP contribution in [0.3, 0.4) is 0 Å². The number of pyridine rings is 1. The van der Waals surface area contributed by atoms with Crippen LogP contribution < -0.4 is 21.5 Å². The first-order chi connectivity index (χ1) is 12.1. The summed E-state index contributed by atoms with van der Waals surface area (Å²) in [4.78, 5) is 35.4. The summed E-state index contributed by atoms with van der Waals surface area (Å²) in [6.07, 6.45) is 3.23. The van der Waals surface area contributed by atoms with Crippen molar-refractivity contribution in [3.05, 3.63) is 64.6 Å². The van der Waals surface area contributed by atoms with Gasteiger partial charge in [0.1, 0.15) is 6.04 Å². The number of aromatic nitrogens is 1. The number of carbonyl (C=O) groups is 2. The molecule has 2 aromatic rings. The van der Waals surface area contributed by atoms with Crippen molar-refractivity contribution in [3.8, 4) is 0 Å². The third-order valence-electron chi connectivity index (χ3n) is 4.05. The maximum Gasteiger partial charge on any atom is 0.319 e. The molecule has 1 aliphatic rings. The largest absolute Gasteiger partial charge is 0.354 e. The number of benzene rings is 1. The van der Waals surface area contributed by atoms with Gasteiger partial charge in [-0.15, -0.1) is 0 Å². The van der Waals surface area contributed by atoms with Gasteiger partial charge in [-0.25, -0.2) is 4.79 Å². The first-order valence-corrected chi connectivity index (χ1v) is 8.21. The molecule has 0 bridgehead atoms. The highest BCUT2D eigenvalue weighted by atomic mass is 16.2. The van der Waals surface area contributed by atoms with Gasteiger partial charge in [0.25, 0.3) is 5.56 Å². The summed E-state index contributed by atoms with van der Waals surface area (Å²) in [5, 5.41) is 8.11. The Labute approximate surface area is 145 Å². The summed E-state index contributed by atoms with van der Waals surface area (Å²) < 4.78 is 1.61. The van der Waals surface area contributed by atoms with Gasteiger partial charge in [-0.3, -0.25) is 9.59 Å². The fraction of sp³-hybridized carbons (Fsp3) is 0.278. The molecular formula is C18H20N4O3. The molecule has 0 unspecified atom stereocenters. The molecule has 1 fully saturated rings. The van der Waals surface area contributed by atoms with Crippen molar-refractivity contribution >= 4 is 17.6 Å². The third-order valence-corrected chi connectivity index (χ3v) is 4.05. The van der Waals surface area contributed by atoms with Crippen molar-refractivity contribution in [1.82, 2.24) is 15.2 Å². The highest BCUT2D eigenvalue weighted by molar-refractivity contribution is 5.93. The van der Waals surface area contributed by atoms with Crippen LogP contribution in [0.25, 0.3) is 0 Å². The Balaban J connectivity index is 1.57. The number of hydrogen-bond acceptors (Lipinski definition) is 3. The molecule has 1 saturated heterocycles. The normalized spacial score (nSPS) is 16.8. The second kappa shape index (κ2) is 7.65. The quantitative estimate of drug-likeness (QED) is 0.783. The van der Waals surface area contributed by atoms with E-state index in [1.807, 2.05) is 18.2 Å². The molecule has 1 aliphatic heterocycles. The molecule has 1 aromatic heterocycles. The number of urea groups is 1. The lowest BCUT2D eigenvalue weighted by Gasteiger charge is -2.22. The second-order valence-electron chi connectivity index (χ2n) is 5.95. The molecule has 1 aromatic carbocycles. The number of carbonyl (C=O) groups excluding carboxylic acids is 2. The summed E-state index contributed by atoms with van der Waals surface area (Å²) in [6.45, 7) is 1.12. The maximum atomic E-state index is 12.0. The molecule has 130 valence electrons. The average molecular weight is 340 g/mol. The average Bonchev–Trinajstić information content (AvgIpc) is 2.61. The molecule has 3 amide bonds. The predicted octanol–water partition coefficient (Wildman–Crippen LogP) is 1.30. The molecule has 3 rings (SSSR count). The third kappa shape index (κ3) is 4.47. The number of nitrogens with zero attached hydrogens (tertiary/aromatic N) is 1. The predicted molar refractivity (Wildman–Crippen MR) is 94.4 cm³/mol. The van der Waals surface area contributed by atoms with Crippen molar-refractivity contribution in [2.45, 2.75) is 25.4 Å². The van der Waals surface area contributed by atoms with Gasteiger partial charge in [-0.1, -0.05) is 18.2 Å². The molecule has 0 saturated carbocycles. The van der Waals surface area contributed by atoms with Crippen LogP contribution in [-0.4, -0.2) is 29.1 Å². The van der Waals surface area contributed by atoms with Crippen LogP contribution >= 0.6 is 0 Å². The van der Waals surface area contributed by atoms with Crippen LogP contribution in [0.15, 0.2) is 53.5 Å². The van der Waals surface area contributed by atoms with Crippen LogP contribution in [0, 0.1) is 0 Å². The monoisotopic (exact) mass is 340 g/mol. The van der Waals surface area contributed by atoms with Gasteiger partial charge in [0.2, 0.25) is 5.91 Å². The van der Waals surface area contributed by atoms with E-state index in [1.54, 1.807) is 29.0 Å². The van der Waals surface area contributed by atoms with Gasteiger partial charge < -0.3 is 20.5 Å². The van der Waals surface area contributed by atoms with Crippen LogP contribution in [0.4, 0.5) is 10.5 Å². The van der Waals surface area contributed by atoms with E-state index < -0.39 is 12.1 Å². The van der Waals surface area contributed by atoms with Gasteiger partial charge in [0, 0.05) is 24.5 Å². The van der Waals surface area contributed by atoms with Crippen molar-refractivity contribution in [3.63, 3.8) is 0 Å². The Morgan fingerprint density at radius 2 is 1.96 bits per heavy atom. The zero-order valence-electron chi connectivity index (χ0n) is 13.7. The standard InChI is InChI=1S/C18H20N4O3/c23-16-5-1-2-11-22(16)12-13-6-8-14(9-7-13)20-18(25)21-15-4-3-10-19-17(15)24/h1-2,5-9,11,15H,3-4,10,12H2,(H,19,24)(H2,20,21,25)/t15-/m0/s1. The van der Waals surface area contributed by atoms with Crippen molar-refractivity contribution in [2.75, 3.05) is 11.9 Å². The first kappa shape index (κ1) is 16.8. The summed E-state index contributed by atoms with van der Waals surface area (Å²) in [5.41, 5.74) is 1.51. The summed E-state index contributed by atoms with van der Waals surface area (Å²) in [5.74, 6) is -0.148. The second-order valence-corrected chi connectivity index (χ2v) is 5.95. The molecule has 2 heterocycles. The van der Waals surface area contributed by atoms with Crippen LogP contribution in [0.1, 0.15) is 18.4 Å². The molecule has 7 heteroatoms. The summed E-state index contributed by atoms with van der Waals surface area (Å²) >= 11 is 0. The highest BCUT2D eigenvalue weighted by Gasteiger charge is 2.23. The zero-order chi connectivity index (χ0) is 17.6. The number of anilines is 1. The number of piperidine rings is 1. The van der Waals surface area contributed by atoms with Crippen molar-refractivity contribution in [1.29, 1.82) is 0 Å². The van der Waals surface area contributed by atoms with E-state index in [0.29, 0.717) is 25.2 Å². The number of rotatable bonds is 4. The zero-order valence-corrected chi connectivity index (χ0v) is 13.7. The summed E-state index contributed by atoms with van der Waals surface area (Å²) in [7, 11) is 0. The maximum absolute atomic E-state index is 12.0. The van der Waals surface area contributed by atoms with E-state index in [-0.39, 0.29) is 11.5 Å². The number of amides is 3. The Kier molecular flexibility index (Phi) is 5.13. The SMILES string of the molecule is O=C(Nc1ccc(Cn2ccccc2=O)cc1)N[C@H]1CCCNC1=O. The lowest BCUT2D eigenvalue weighted by atomic mass is 10.1. The van der Waals surface area contributed by atoms with Gasteiger partial charge in [0.05, 0.1) is 6.54 Å². The minimum absolute atomic E-state index is 0.0603. The van der Waals surface area contributed by atoms with E-state index in [0.717, 1.165) is 12.0 Å². The van der Waals surface area contributed by atoms with Gasteiger partial charge in [0.15, 0.2) is 0 Å². The van der Waals surface area contributed by atoms with Crippen molar-refractivity contribution < 1.29 is 9.59 Å². The lowest BCUT2D eigenvalue weighted by molar-refractivity contribution is -0.124. The molecule has 0 spiro atoms. The van der Waals surface area contributed by atoms with Gasteiger partial charge >= 0.3 is 6.03 Å². The molecule has 1 atom stereocenters. The van der Waals surface area contributed by atoms with Crippen LogP contribution in [-0.2, 0) is 11.3 Å². The Morgan fingerprint density at radius 3 is 2.68 bits per heavy atom. The molecule has 0 radical (unpaired) electrons. The summed E-state index contributed by atoms with van der Waals surface area (Å²) in [6, 6.07) is 11.4. The van der Waals surface area contributed by atoms with Gasteiger partial charge in [-0.2, -0.15) is 0 Å². The van der Waals surface area contributed by atoms with E-state index in [2.05, 4.69) is 16.0 Å². The number of hydrogen-bond donors (Lipinski definition) is 3. The van der Waals surface area contributed by atoms with Crippen molar-refractivity contribution in [2.24, 2.45) is 0 Å². The first-order valence-electron chi connectivity index (χ1n) is 8.21. The minimum atomic E-state index is -0.488. The lowest BCUT2D eigenvalue weighted by Crippen LogP contribution is -2.51. The molecule has 25 heavy (non-hydrogen) atoms. The smallest absolute Gasteiger partial charge is 0.319 e. The van der Waals surface area contributed by atoms with E-state index in [1.165, 1.54) is 6.07 Å². The molecule has 0 aliphatic carbocycles. The van der Waals surface area contributed by atoms with E-state index in [4.69, 9.17) is 0 Å². The Morgan fingerprint density at radius 1 is 1.16 bits per heavy atom. The van der Waals surface area contributed by atoms with Crippen LogP contribution in [0.2, 0.25) is 0 Å². The highest BCUT2D eigenvalue weighted by Crippen LogP contribution is 2.11. The molecule has 7 nitrogen and oxygen atoms in total. The van der Waals surface area contributed by atoms with E-state index >= 15 is 0 Å². The topological polar surface area (TPSA) is 92.2 Å². The minimum Gasteiger partial charge on any atom is -0.354 e. The Hall–Kier alpha value is -3.09. The van der Waals surface area contributed by atoms with Crippen LogP contribution in [0.5, 0.6) is 0 Å². The molecule has 3 N–H and O–H groups in total. The fourth-order valence-electron chi connectivity index (χ4n) is 2.72.